The summed E-state index contributed by atoms with van der Waals surface area (Å²) >= 11 is 6.03. The van der Waals surface area contributed by atoms with Crippen LogP contribution >= 0.6 is 11.6 Å². The van der Waals surface area contributed by atoms with Crippen molar-refractivity contribution in [2.24, 2.45) is 13.0 Å². The van der Waals surface area contributed by atoms with Gasteiger partial charge in [0.1, 0.15) is 0 Å². The Kier molecular flexibility index (Phi) is 3.02. The fourth-order valence-corrected chi connectivity index (χ4v) is 3.07. The first-order valence-corrected chi connectivity index (χ1v) is 6.90. The fourth-order valence-electron chi connectivity index (χ4n) is 2.90. The number of nitrogens with zero attached hydrogens (tertiary/aromatic N) is 1. The zero-order chi connectivity index (χ0) is 13.6. The predicted octanol–water partition coefficient (Wildman–Crippen LogP) is 3.80. The highest BCUT2D eigenvalue weighted by atomic mass is 35.5. The van der Waals surface area contributed by atoms with E-state index in [-0.39, 0.29) is 12.3 Å². The first-order chi connectivity index (χ1) is 9.06. The van der Waals surface area contributed by atoms with Gasteiger partial charge in [-0.15, -0.1) is 0 Å². The van der Waals surface area contributed by atoms with E-state index in [1.165, 1.54) is 0 Å². The molecule has 1 unspecified atom stereocenters. The highest BCUT2D eigenvalue weighted by Crippen LogP contribution is 2.46. The van der Waals surface area contributed by atoms with E-state index >= 15 is 0 Å². The lowest BCUT2D eigenvalue weighted by Crippen LogP contribution is -2.08. The maximum Gasteiger partial charge on any atom is 0.303 e. The van der Waals surface area contributed by atoms with Crippen LogP contribution < -0.4 is 0 Å². The lowest BCUT2D eigenvalue weighted by molar-refractivity contribution is -0.137. The Balaban J connectivity index is 2.10. The van der Waals surface area contributed by atoms with Crippen molar-refractivity contribution in [3.63, 3.8) is 0 Å². The highest BCUT2D eigenvalue weighted by molar-refractivity contribution is 6.31. The molecule has 3 nitrogen and oxygen atoms in total. The van der Waals surface area contributed by atoms with Gasteiger partial charge in [0.2, 0.25) is 0 Å². The highest BCUT2D eigenvalue weighted by Gasteiger charge is 2.35. The number of aryl methyl sites for hydroxylation is 1. The molecule has 2 aromatic rings. The third-order valence-electron chi connectivity index (χ3n) is 3.97. The lowest BCUT2D eigenvalue weighted by Gasteiger charge is -2.13. The van der Waals surface area contributed by atoms with Gasteiger partial charge in [0.15, 0.2) is 0 Å². The summed E-state index contributed by atoms with van der Waals surface area (Å²) in [7, 11) is 1.98. The Hall–Kier alpha value is -1.48. The molecule has 1 heterocycles. The number of aliphatic carboxylic acids is 1. The van der Waals surface area contributed by atoms with E-state index in [4.69, 9.17) is 16.7 Å². The molecule has 19 heavy (non-hydrogen) atoms. The Morgan fingerprint density at radius 2 is 2.26 bits per heavy atom. The van der Waals surface area contributed by atoms with E-state index in [1.54, 1.807) is 0 Å². The summed E-state index contributed by atoms with van der Waals surface area (Å²) in [6.45, 7) is 0. The van der Waals surface area contributed by atoms with Crippen molar-refractivity contribution in [2.75, 3.05) is 0 Å². The number of fused-ring (bicyclic) bond motifs is 1. The first-order valence-electron chi connectivity index (χ1n) is 6.52. The predicted molar refractivity (Wildman–Crippen MR) is 75.6 cm³/mol. The number of benzene rings is 1. The summed E-state index contributed by atoms with van der Waals surface area (Å²) in [5, 5.41) is 11.0. The van der Waals surface area contributed by atoms with Crippen LogP contribution in [0.2, 0.25) is 5.02 Å². The number of halogens is 1. The van der Waals surface area contributed by atoms with Crippen LogP contribution in [-0.4, -0.2) is 15.6 Å². The molecule has 1 fully saturated rings. The molecule has 100 valence electrons. The van der Waals surface area contributed by atoms with Gasteiger partial charge in [-0.1, -0.05) is 17.7 Å². The number of hydrogen-bond acceptors (Lipinski definition) is 1. The molecule has 1 aliphatic rings. The number of carbonyl (C=O) groups is 1. The summed E-state index contributed by atoms with van der Waals surface area (Å²) < 4.78 is 2.04. The van der Waals surface area contributed by atoms with Gasteiger partial charge in [0.25, 0.3) is 0 Å². The van der Waals surface area contributed by atoms with Gasteiger partial charge in [-0.2, -0.15) is 0 Å². The van der Waals surface area contributed by atoms with Gasteiger partial charge in [-0.05, 0) is 42.4 Å². The number of hydrogen-bond donors (Lipinski definition) is 1. The molecule has 1 N–H and O–H groups in total. The first kappa shape index (κ1) is 12.5. The van der Waals surface area contributed by atoms with Gasteiger partial charge < -0.3 is 9.67 Å². The summed E-state index contributed by atoms with van der Waals surface area (Å²) in [6.07, 6.45) is 4.56. The van der Waals surface area contributed by atoms with E-state index in [2.05, 4.69) is 6.20 Å². The Labute approximate surface area is 116 Å². The van der Waals surface area contributed by atoms with E-state index in [9.17, 15) is 4.79 Å². The van der Waals surface area contributed by atoms with Crippen molar-refractivity contribution in [3.05, 3.63) is 35.0 Å². The normalized spacial score (nSPS) is 16.7. The average molecular weight is 278 g/mol. The SMILES string of the molecule is Cn1cc(C(CC(=O)O)C2CC2)c2ccc(Cl)cc21. The number of carboxylic acid groups (broad SMARTS) is 1. The molecule has 1 saturated carbocycles. The molecular weight excluding hydrogens is 262 g/mol. The Morgan fingerprint density at radius 1 is 1.53 bits per heavy atom. The van der Waals surface area contributed by atoms with Crippen molar-refractivity contribution < 1.29 is 9.90 Å². The quantitative estimate of drug-likeness (QED) is 0.924. The van der Waals surface area contributed by atoms with Crippen molar-refractivity contribution in [2.45, 2.75) is 25.2 Å². The van der Waals surface area contributed by atoms with Crippen LogP contribution in [0, 0.1) is 5.92 Å². The van der Waals surface area contributed by atoms with Crippen LogP contribution in [0.25, 0.3) is 10.9 Å². The third-order valence-corrected chi connectivity index (χ3v) is 4.20. The Bertz CT molecular complexity index is 643. The Morgan fingerprint density at radius 3 is 2.89 bits per heavy atom. The van der Waals surface area contributed by atoms with Crippen LogP contribution in [0.15, 0.2) is 24.4 Å². The van der Waals surface area contributed by atoms with E-state index in [0.29, 0.717) is 10.9 Å². The molecular formula is C15H16ClNO2. The standard InChI is InChI=1S/C15H16ClNO2/c1-17-8-13(11-5-4-10(16)6-14(11)17)12(7-15(18)19)9-2-3-9/h4-6,8-9,12H,2-3,7H2,1H3,(H,18,19). The summed E-state index contributed by atoms with van der Waals surface area (Å²) in [5.74, 6) is -0.0670. The van der Waals surface area contributed by atoms with Crippen molar-refractivity contribution in [1.29, 1.82) is 0 Å². The maximum atomic E-state index is 11.1. The molecule has 0 bridgehead atoms. The largest absolute Gasteiger partial charge is 0.481 e. The van der Waals surface area contributed by atoms with Crippen LogP contribution in [0.1, 0.15) is 30.7 Å². The minimum atomic E-state index is -0.720. The van der Waals surface area contributed by atoms with Crippen LogP contribution in [0.3, 0.4) is 0 Å². The second-order valence-electron chi connectivity index (χ2n) is 5.40. The van der Waals surface area contributed by atoms with Crippen LogP contribution in [0.4, 0.5) is 0 Å². The maximum absolute atomic E-state index is 11.1. The van der Waals surface area contributed by atoms with Gasteiger partial charge in [0, 0.05) is 29.2 Å². The van der Waals surface area contributed by atoms with E-state index < -0.39 is 5.97 Å². The minimum Gasteiger partial charge on any atom is -0.481 e. The fraction of sp³-hybridized carbons (Fsp3) is 0.400. The lowest BCUT2D eigenvalue weighted by atomic mass is 9.91. The average Bonchev–Trinajstić information content (AvgIpc) is 3.13. The van der Waals surface area contributed by atoms with Crippen LogP contribution in [-0.2, 0) is 11.8 Å². The van der Waals surface area contributed by atoms with Gasteiger partial charge in [0.05, 0.1) is 6.42 Å². The monoisotopic (exact) mass is 277 g/mol. The summed E-state index contributed by atoms with van der Waals surface area (Å²) in [6, 6.07) is 5.81. The van der Waals surface area contributed by atoms with Crippen molar-refractivity contribution in [1.82, 2.24) is 4.57 Å². The van der Waals surface area contributed by atoms with Gasteiger partial charge in [-0.3, -0.25) is 4.79 Å². The second-order valence-corrected chi connectivity index (χ2v) is 5.84. The van der Waals surface area contributed by atoms with Gasteiger partial charge >= 0.3 is 5.97 Å². The second kappa shape index (κ2) is 4.57. The van der Waals surface area contributed by atoms with Gasteiger partial charge in [-0.25, -0.2) is 0 Å². The van der Waals surface area contributed by atoms with Crippen molar-refractivity contribution in [3.8, 4) is 0 Å². The molecule has 1 aromatic carbocycles. The van der Waals surface area contributed by atoms with E-state index in [1.807, 2.05) is 29.8 Å². The minimum absolute atomic E-state index is 0.127. The summed E-state index contributed by atoms with van der Waals surface area (Å²) in [5.41, 5.74) is 2.22. The van der Waals surface area contributed by atoms with Crippen LogP contribution in [0.5, 0.6) is 0 Å². The molecule has 1 atom stereocenters. The van der Waals surface area contributed by atoms with E-state index in [0.717, 1.165) is 29.3 Å². The number of rotatable bonds is 4. The molecule has 1 aromatic heterocycles. The topological polar surface area (TPSA) is 42.2 Å². The molecule has 0 saturated heterocycles. The molecule has 1 aliphatic carbocycles. The number of carboxylic acids is 1. The summed E-state index contributed by atoms with van der Waals surface area (Å²) in [4.78, 5) is 11.1. The molecule has 0 amide bonds. The number of aromatic nitrogens is 1. The smallest absolute Gasteiger partial charge is 0.303 e. The van der Waals surface area contributed by atoms with Crippen molar-refractivity contribution >= 4 is 28.5 Å². The molecule has 4 heteroatoms. The zero-order valence-corrected chi connectivity index (χ0v) is 11.5. The zero-order valence-electron chi connectivity index (χ0n) is 10.8. The third kappa shape index (κ3) is 2.35. The molecule has 0 spiro atoms. The molecule has 0 radical (unpaired) electrons. The molecule has 3 rings (SSSR count). The molecule has 0 aliphatic heterocycles.